The number of alkyl halides is 3. The molecule has 1 aromatic rings. The lowest BCUT2D eigenvalue weighted by Crippen LogP contribution is -2.20. The van der Waals surface area contributed by atoms with Gasteiger partial charge in [0.2, 0.25) is 10.0 Å². The fraction of sp³-hybridized carbons (Fsp3) is 0.400. The Morgan fingerprint density at radius 2 is 1.78 bits per heavy atom. The first-order valence-corrected chi connectivity index (χ1v) is 6.39. The molecule has 0 aliphatic carbocycles. The van der Waals surface area contributed by atoms with E-state index >= 15 is 0 Å². The summed E-state index contributed by atoms with van der Waals surface area (Å²) in [6.45, 7) is 1.45. The van der Waals surface area contributed by atoms with Crippen LogP contribution in [0.15, 0.2) is 17.0 Å². The van der Waals surface area contributed by atoms with Crippen LogP contribution in [0.4, 0.5) is 13.2 Å². The summed E-state index contributed by atoms with van der Waals surface area (Å²) in [5.74, 6) is -0.0165. The molecule has 1 aromatic carbocycles. The topological polar surface area (TPSA) is 69.4 Å². The Hall–Kier alpha value is -1.28. The number of hydrogen-bond donors (Lipinski definition) is 1. The van der Waals surface area contributed by atoms with Crippen LogP contribution in [0.1, 0.15) is 11.1 Å². The Morgan fingerprint density at radius 3 is 2.22 bits per heavy atom. The quantitative estimate of drug-likeness (QED) is 0.921. The van der Waals surface area contributed by atoms with E-state index in [1.165, 1.54) is 26.0 Å². The first-order valence-electron chi connectivity index (χ1n) is 4.84. The maximum absolute atomic E-state index is 12.0. The summed E-state index contributed by atoms with van der Waals surface area (Å²) in [5, 5.41) is 4.97. The third-order valence-corrected chi connectivity index (χ3v) is 3.22. The molecule has 0 aliphatic heterocycles. The highest BCUT2D eigenvalue weighted by Gasteiger charge is 2.29. The van der Waals surface area contributed by atoms with Crippen molar-refractivity contribution >= 4 is 10.0 Å². The molecule has 0 bridgehead atoms. The van der Waals surface area contributed by atoms with Gasteiger partial charge in [-0.05, 0) is 37.1 Å². The fourth-order valence-corrected chi connectivity index (χ4v) is 2.23. The first kappa shape index (κ1) is 14.8. The largest absolute Gasteiger partial charge is 0.484 e. The van der Waals surface area contributed by atoms with Crippen LogP contribution in [-0.2, 0) is 10.0 Å². The van der Waals surface area contributed by atoms with Gasteiger partial charge in [0.25, 0.3) is 0 Å². The summed E-state index contributed by atoms with van der Waals surface area (Å²) in [6, 6.07) is 2.41. The minimum absolute atomic E-state index is 0.0165. The first-order chi connectivity index (χ1) is 8.00. The molecule has 0 spiro atoms. The van der Waals surface area contributed by atoms with Gasteiger partial charge >= 0.3 is 6.18 Å². The molecular weight excluding hydrogens is 271 g/mol. The molecule has 8 heteroatoms. The molecule has 0 aliphatic rings. The van der Waals surface area contributed by atoms with Crippen molar-refractivity contribution in [1.82, 2.24) is 0 Å². The summed E-state index contributed by atoms with van der Waals surface area (Å²) in [6.07, 6.45) is -4.45. The molecule has 0 unspecified atom stereocenters. The minimum Gasteiger partial charge on any atom is -0.484 e. The summed E-state index contributed by atoms with van der Waals surface area (Å²) in [4.78, 5) is -0.126. The van der Waals surface area contributed by atoms with Gasteiger partial charge in [0.05, 0.1) is 4.90 Å². The monoisotopic (exact) mass is 283 g/mol. The van der Waals surface area contributed by atoms with Gasteiger partial charge in [-0.1, -0.05) is 0 Å². The minimum atomic E-state index is -4.45. The average Bonchev–Trinajstić information content (AvgIpc) is 2.15. The summed E-state index contributed by atoms with van der Waals surface area (Å²) < 4.78 is 63.0. The normalized spacial score (nSPS) is 12.6. The zero-order valence-corrected chi connectivity index (χ0v) is 10.5. The molecule has 0 saturated carbocycles. The second-order valence-corrected chi connectivity index (χ2v) is 5.36. The lowest BCUT2D eigenvalue weighted by molar-refractivity contribution is -0.153. The molecule has 2 N–H and O–H groups in total. The van der Waals surface area contributed by atoms with Crippen molar-refractivity contribution in [3.63, 3.8) is 0 Å². The van der Waals surface area contributed by atoms with Crippen molar-refractivity contribution < 1.29 is 26.3 Å². The van der Waals surface area contributed by atoms with Crippen molar-refractivity contribution in [2.75, 3.05) is 6.61 Å². The van der Waals surface area contributed by atoms with Gasteiger partial charge in [0, 0.05) is 0 Å². The highest BCUT2D eigenvalue weighted by molar-refractivity contribution is 7.89. The number of aryl methyl sites for hydroxylation is 2. The highest BCUT2D eigenvalue weighted by atomic mass is 32.2. The van der Waals surface area contributed by atoms with Crippen LogP contribution in [0.3, 0.4) is 0 Å². The summed E-state index contributed by atoms with van der Waals surface area (Å²) in [5.41, 5.74) is 0.508. The number of halogens is 3. The third-order valence-electron chi connectivity index (χ3n) is 2.17. The van der Waals surface area contributed by atoms with Gasteiger partial charge < -0.3 is 4.74 Å². The van der Waals surface area contributed by atoms with E-state index in [1.54, 1.807) is 0 Å². The van der Waals surface area contributed by atoms with Crippen molar-refractivity contribution in [3.8, 4) is 5.75 Å². The second kappa shape index (κ2) is 4.77. The molecular formula is C10H12F3NO3S. The number of benzene rings is 1. The Balaban J connectivity index is 3.09. The summed E-state index contributed by atoms with van der Waals surface area (Å²) >= 11 is 0. The van der Waals surface area contributed by atoms with E-state index in [9.17, 15) is 21.6 Å². The van der Waals surface area contributed by atoms with E-state index in [4.69, 9.17) is 5.14 Å². The Labute approximate surface area is 103 Å². The number of nitrogens with two attached hydrogens (primary N) is 1. The lowest BCUT2D eigenvalue weighted by atomic mass is 10.1. The van der Waals surface area contributed by atoms with Crippen LogP contribution in [-0.4, -0.2) is 21.2 Å². The van der Waals surface area contributed by atoms with Gasteiger partial charge in [-0.15, -0.1) is 0 Å². The van der Waals surface area contributed by atoms with E-state index in [-0.39, 0.29) is 21.8 Å². The highest BCUT2D eigenvalue weighted by Crippen LogP contribution is 2.26. The maximum Gasteiger partial charge on any atom is 0.422 e. The van der Waals surface area contributed by atoms with E-state index in [1.807, 2.05) is 0 Å². The lowest BCUT2D eigenvalue weighted by Gasteiger charge is -2.13. The van der Waals surface area contributed by atoms with Gasteiger partial charge in [-0.2, -0.15) is 13.2 Å². The van der Waals surface area contributed by atoms with Crippen LogP contribution in [0.25, 0.3) is 0 Å². The van der Waals surface area contributed by atoms with Crippen LogP contribution in [0.2, 0.25) is 0 Å². The van der Waals surface area contributed by atoms with E-state index in [2.05, 4.69) is 4.74 Å². The van der Waals surface area contributed by atoms with Crippen molar-refractivity contribution in [3.05, 3.63) is 23.3 Å². The number of rotatable bonds is 3. The molecule has 18 heavy (non-hydrogen) atoms. The van der Waals surface area contributed by atoms with Crippen LogP contribution in [0.5, 0.6) is 5.75 Å². The molecule has 0 aromatic heterocycles. The Bertz CT molecular complexity index is 552. The van der Waals surface area contributed by atoms with Crippen LogP contribution < -0.4 is 9.88 Å². The number of sulfonamides is 1. The molecule has 1 rings (SSSR count). The molecule has 4 nitrogen and oxygen atoms in total. The SMILES string of the molecule is Cc1cc(S(N)(=O)=O)c(C)cc1OCC(F)(F)F. The number of primary sulfonamides is 1. The summed E-state index contributed by atoms with van der Waals surface area (Å²) in [7, 11) is -3.89. The van der Waals surface area contributed by atoms with Gasteiger partial charge in [0.1, 0.15) is 5.75 Å². The zero-order valence-electron chi connectivity index (χ0n) is 9.71. The van der Waals surface area contributed by atoms with Gasteiger partial charge in [-0.25, -0.2) is 13.6 Å². The molecule has 0 amide bonds. The zero-order chi connectivity index (χ0) is 14.1. The number of hydrogen-bond acceptors (Lipinski definition) is 3. The van der Waals surface area contributed by atoms with Crippen molar-refractivity contribution in [1.29, 1.82) is 0 Å². The Morgan fingerprint density at radius 1 is 1.22 bits per heavy atom. The van der Waals surface area contributed by atoms with Crippen molar-refractivity contribution in [2.24, 2.45) is 5.14 Å². The Kier molecular flexibility index (Phi) is 3.92. The maximum atomic E-state index is 12.0. The van der Waals surface area contributed by atoms with E-state index < -0.39 is 22.8 Å². The van der Waals surface area contributed by atoms with Crippen LogP contribution >= 0.6 is 0 Å². The molecule has 0 heterocycles. The number of ether oxygens (including phenoxy) is 1. The molecule has 0 saturated heterocycles. The third kappa shape index (κ3) is 3.88. The molecule has 0 atom stereocenters. The standard InChI is InChI=1S/C10H12F3NO3S/c1-6-4-9(18(14,15)16)7(2)3-8(6)17-5-10(11,12)13/h3-4H,5H2,1-2H3,(H2,14,15,16). The van der Waals surface area contributed by atoms with Gasteiger partial charge in [-0.3, -0.25) is 0 Å². The molecule has 0 radical (unpaired) electrons. The van der Waals surface area contributed by atoms with Crippen molar-refractivity contribution in [2.45, 2.75) is 24.9 Å². The van der Waals surface area contributed by atoms with Crippen LogP contribution in [0, 0.1) is 13.8 Å². The van der Waals surface area contributed by atoms with Gasteiger partial charge in [0.15, 0.2) is 6.61 Å². The fourth-order valence-electron chi connectivity index (χ4n) is 1.38. The second-order valence-electron chi connectivity index (χ2n) is 3.83. The predicted molar refractivity (Wildman–Crippen MR) is 58.8 cm³/mol. The smallest absolute Gasteiger partial charge is 0.422 e. The van der Waals surface area contributed by atoms with E-state index in [0.717, 1.165) is 0 Å². The van der Waals surface area contributed by atoms with E-state index in [0.29, 0.717) is 0 Å². The average molecular weight is 283 g/mol. The predicted octanol–water partition coefficient (Wildman–Crippen LogP) is 1.89. The molecule has 102 valence electrons. The molecule has 0 fully saturated rings.